The number of benzene rings is 1. The van der Waals surface area contributed by atoms with Gasteiger partial charge in [0.2, 0.25) is 5.91 Å². The van der Waals surface area contributed by atoms with Crippen LogP contribution in [0, 0.1) is 0 Å². The molecular weight excluding hydrogens is 304 g/mol. The number of nitrogens with one attached hydrogen (secondary N) is 1. The molecule has 92 valence electrons. The van der Waals surface area contributed by atoms with Gasteiger partial charge in [0.15, 0.2) is 0 Å². The highest BCUT2D eigenvalue weighted by Crippen LogP contribution is 2.23. The van der Waals surface area contributed by atoms with E-state index in [0.717, 1.165) is 36.2 Å². The minimum atomic E-state index is 0.181. The lowest BCUT2D eigenvalue weighted by atomic mass is 10.1. The molecule has 1 fully saturated rings. The monoisotopic (exact) mass is 316 g/mol. The van der Waals surface area contributed by atoms with E-state index in [1.165, 1.54) is 0 Å². The van der Waals surface area contributed by atoms with Gasteiger partial charge >= 0.3 is 0 Å². The van der Waals surface area contributed by atoms with Crippen molar-refractivity contribution in [1.29, 1.82) is 0 Å². The lowest BCUT2D eigenvalue weighted by Gasteiger charge is -2.27. The van der Waals surface area contributed by atoms with Crippen molar-refractivity contribution < 1.29 is 4.79 Å². The molecule has 1 aromatic carbocycles. The Kier molecular flexibility index (Phi) is 4.42. The van der Waals surface area contributed by atoms with Crippen molar-refractivity contribution in [3.8, 4) is 0 Å². The third kappa shape index (κ3) is 3.44. The first-order chi connectivity index (χ1) is 8.16. The van der Waals surface area contributed by atoms with E-state index in [1.54, 1.807) is 0 Å². The average Bonchev–Trinajstić information content (AvgIpc) is 2.35. The summed E-state index contributed by atoms with van der Waals surface area (Å²) in [6, 6.07) is 5.61. The summed E-state index contributed by atoms with van der Waals surface area (Å²) in [5.74, 6) is 0.181. The second kappa shape index (κ2) is 5.85. The molecule has 0 aliphatic carbocycles. The fraction of sp³-hybridized carbons (Fsp3) is 0.417. The van der Waals surface area contributed by atoms with Gasteiger partial charge in [-0.25, -0.2) is 0 Å². The molecule has 3 nitrogen and oxygen atoms in total. The largest absolute Gasteiger partial charge is 0.340 e. The fourth-order valence-corrected chi connectivity index (χ4v) is 2.39. The van der Waals surface area contributed by atoms with Gasteiger partial charge in [-0.1, -0.05) is 17.7 Å². The second-order valence-corrected chi connectivity index (χ2v) is 5.32. The van der Waals surface area contributed by atoms with Crippen LogP contribution in [0.2, 0.25) is 5.02 Å². The molecule has 1 saturated heterocycles. The number of rotatable bonds is 2. The van der Waals surface area contributed by atoms with E-state index >= 15 is 0 Å². The predicted octanol–water partition coefficient (Wildman–Crippen LogP) is 2.08. The Balaban J connectivity index is 1.99. The van der Waals surface area contributed by atoms with Gasteiger partial charge in [0.1, 0.15) is 0 Å². The number of hydrogen-bond donors (Lipinski definition) is 1. The highest BCUT2D eigenvalue weighted by Gasteiger charge is 2.16. The van der Waals surface area contributed by atoms with Gasteiger partial charge in [-0.2, -0.15) is 0 Å². The Morgan fingerprint density at radius 2 is 2.12 bits per heavy atom. The molecule has 5 heteroatoms. The maximum Gasteiger partial charge on any atom is 0.227 e. The summed E-state index contributed by atoms with van der Waals surface area (Å²) in [4.78, 5) is 13.9. The lowest BCUT2D eigenvalue weighted by Crippen LogP contribution is -2.46. The molecule has 0 unspecified atom stereocenters. The van der Waals surface area contributed by atoms with Gasteiger partial charge in [-0.15, -0.1) is 0 Å². The third-order valence-corrected chi connectivity index (χ3v) is 4.02. The second-order valence-electron chi connectivity index (χ2n) is 4.06. The Bertz CT molecular complexity index is 419. The van der Waals surface area contributed by atoms with E-state index in [2.05, 4.69) is 21.2 Å². The van der Waals surface area contributed by atoms with E-state index in [0.29, 0.717) is 11.4 Å². The molecule has 1 aliphatic heterocycles. The van der Waals surface area contributed by atoms with Crippen LogP contribution in [-0.4, -0.2) is 37.0 Å². The highest BCUT2D eigenvalue weighted by molar-refractivity contribution is 9.10. The summed E-state index contributed by atoms with van der Waals surface area (Å²) >= 11 is 9.28. The van der Waals surface area contributed by atoms with Crippen molar-refractivity contribution in [2.24, 2.45) is 0 Å². The van der Waals surface area contributed by atoms with Gasteiger partial charge in [-0.3, -0.25) is 4.79 Å². The number of piperazine rings is 1. The number of carbonyl (C=O) groups is 1. The first-order valence-corrected chi connectivity index (χ1v) is 6.76. The van der Waals surface area contributed by atoms with E-state index in [-0.39, 0.29) is 5.91 Å². The SMILES string of the molecule is O=C(Cc1ccc(Cl)c(Br)c1)N1CCNCC1. The Morgan fingerprint density at radius 3 is 2.76 bits per heavy atom. The van der Waals surface area contributed by atoms with Crippen LogP contribution in [0.5, 0.6) is 0 Å². The van der Waals surface area contributed by atoms with E-state index < -0.39 is 0 Å². The highest BCUT2D eigenvalue weighted by atomic mass is 79.9. The first kappa shape index (κ1) is 12.9. The number of halogens is 2. The third-order valence-electron chi connectivity index (χ3n) is 2.81. The van der Waals surface area contributed by atoms with Crippen molar-refractivity contribution in [2.75, 3.05) is 26.2 Å². The zero-order valence-corrected chi connectivity index (χ0v) is 11.7. The molecule has 0 spiro atoms. The molecule has 1 amide bonds. The van der Waals surface area contributed by atoms with Gasteiger partial charge in [0.25, 0.3) is 0 Å². The summed E-state index contributed by atoms with van der Waals surface area (Å²) < 4.78 is 0.838. The number of carbonyl (C=O) groups excluding carboxylic acids is 1. The van der Waals surface area contributed by atoms with Crippen LogP contribution in [-0.2, 0) is 11.2 Å². The van der Waals surface area contributed by atoms with Crippen molar-refractivity contribution >= 4 is 33.4 Å². The van der Waals surface area contributed by atoms with E-state index in [4.69, 9.17) is 11.6 Å². The van der Waals surface area contributed by atoms with E-state index in [1.807, 2.05) is 23.1 Å². The van der Waals surface area contributed by atoms with Crippen LogP contribution in [0.25, 0.3) is 0 Å². The summed E-state index contributed by atoms with van der Waals surface area (Å²) in [5.41, 5.74) is 0.991. The van der Waals surface area contributed by atoms with Crippen LogP contribution in [0.3, 0.4) is 0 Å². The van der Waals surface area contributed by atoms with Crippen LogP contribution in [0.15, 0.2) is 22.7 Å². The predicted molar refractivity (Wildman–Crippen MR) is 72.3 cm³/mol. The molecule has 1 aliphatic rings. The van der Waals surface area contributed by atoms with Gasteiger partial charge in [0, 0.05) is 30.7 Å². The topological polar surface area (TPSA) is 32.3 Å². The number of hydrogen-bond acceptors (Lipinski definition) is 2. The van der Waals surface area contributed by atoms with Crippen LogP contribution in [0.4, 0.5) is 0 Å². The normalized spacial score (nSPS) is 16.0. The van der Waals surface area contributed by atoms with Crippen LogP contribution in [0.1, 0.15) is 5.56 Å². The molecule has 0 atom stereocenters. The Hall–Kier alpha value is -0.580. The zero-order valence-electron chi connectivity index (χ0n) is 9.38. The maximum absolute atomic E-state index is 12.0. The Labute approximate surface area is 114 Å². The molecule has 0 aromatic heterocycles. The van der Waals surface area contributed by atoms with Crippen LogP contribution >= 0.6 is 27.5 Å². The molecule has 2 rings (SSSR count). The molecule has 0 radical (unpaired) electrons. The Morgan fingerprint density at radius 1 is 1.41 bits per heavy atom. The lowest BCUT2D eigenvalue weighted by molar-refractivity contribution is -0.131. The van der Waals surface area contributed by atoms with Crippen LogP contribution < -0.4 is 5.32 Å². The van der Waals surface area contributed by atoms with Crippen molar-refractivity contribution in [3.05, 3.63) is 33.3 Å². The summed E-state index contributed by atoms with van der Waals surface area (Å²) in [5, 5.41) is 3.90. The molecule has 1 N–H and O–H groups in total. The van der Waals surface area contributed by atoms with Crippen molar-refractivity contribution in [3.63, 3.8) is 0 Å². The van der Waals surface area contributed by atoms with Gasteiger partial charge in [0.05, 0.1) is 11.4 Å². The zero-order chi connectivity index (χ0) is 12.3. The quantitative estimate of drug-likeness (QED) is 0.906. The summed E-state index contributed by atoms with van der Waals surface area (Å²) in [6.07, 6.45) is 0.440. The fourth-order valence-electron chi connectivity index (χ4n) is 1.85. The van der Waals surface area contributed by atoms with Crippen molar-refractivity contribution in [2.45, 2.75) is 6.42 Å². The maximum atomic E-state index is 12.0. The van der Waals surface area contributed by atoms with Gasteiger partial charge in [-0.05, 0) is 33.6 Å². The molecular formula is C12H14BrClN2O. The number of nitrogens with zero attached hydrogens (tertiary/aromatic N) is 1. The molecule has 0 saturated carbocycles. The minimum Gasteiger partial charge on any atom is -0.340 e. The average molecular weight is 318 g/mol. The molecule has 1 heterocycles. The summed E-state index contributed by atoms with van der Waals surface area (Å²) in [6.45, 7) is 3.37. The number of amides is 1. The first-order valence-electron chi connectivity index (χ1n) is 5.59. The molecule has 1 aromatic rings. The minimum absolute atomic E-state index is 0.181. The molecule has 17 heavy (non-hydrogen) atoms. The van der Waals surface area contributed by atoms with Gasteiger partial charge < -0.3 is 10.2 Å². The van der Waals surface area contributed by atoms with E-state index in [9.17, 15) is 4.79 Å². The smallest absolute Gasteiger partial charge is 0.227 e. The van der Waals surface area contributed by atoms with Crippen molar-refractivity contribution in [1.82, 2.24) is 10.2 Å². The standard InChI is InChI=1S/C12H14BrClN2O/c13-10-7-9(1-2-11(10)14)8-12(17)16-5-3-15-4-6-16/h1-2,7,15H,3-6,8H2. The molecule has 0 bridgehead atoms. The summed E-state index contributed by atoms with van der Waals surface area (Å²) in [7, 11) is 0.